The van der Waals surface area contributed by atoms with Crippen LogP contribution in [-0.4, -0.2) is 34.3 Å². The quantitative estimate of drug-likeness (QED) is 0.653. The van der Waals surface area contributed by atoms with Gasteiger partial charge in [-0.05, 0) is 25.3 Å². The standard InChI is InChI=1S/C15H22N6O/c1-11-19-20-14-4-3-12(9-21(11)14)7-17-15(16-2)18-8-13-5-6-22-10-13/h5-6,10,12H,3-4,7-9H2,1-2H3,(H2,16,17,18). The van der Waals surface area contributed by atoms with Crippen molar-refractivity contribution in [3.63, 3.8) is 0 Å². The third-order valence-electron chi connectivity index (χ3n) is 4.05. The molecule has 118 valence electrons. The van der Waals surface area contributed by atoms with Gasteiger partial charge in [-0.15, -0.1) is 10.2 Å². The Hall–Kier alpha value is -2.31. The van der Waals surface area contributed by atoms with Gasteiger partial charge in [0.05, 0.1) is 12.5 Å². The van der Waals surface area contributed by atoms with Crippen LogP contribution in [0.15, 0.2) is 28.0 Å². The number of hydrogen-bond donors (Lipinski definition) is 2. The van der Waals surface area contributed by atoms with Crippen molar-refractivity contribution in [3.05, 3.63) is 35.8 Å². The van der Waals surface area contributed by atoms with Crippen LogP contribution < -0.4 is 10.6 Å². The summed E-state index contributed by atoms with van der Waals surface area (Å²) >= 11 is 0. The fraction of sp³-hybridized carbons (Fsp3) is 0.533. The largest absolute Gasteiger partial charge is 0.472 e. The SMILES string of the molecule is CN=C(NCc1ccoc1)NCC1CCc2nnc(C)n2C1. The van der Waals surface area contributed by atoms with E-state index in [1.54, 1.807) is 19.6 Å². The van der Waals surface area contributed by atoms with Gasteiger partial charge in [0.15, 0.2) is 5.96 Å². The molecule has 0 saturated carbocycles. The van der Waals surface area contributed by atoms with Crippen molar-refractivity contribution >= 4 is 5.96 Å². The number of guanidine groups is 1. The topological polar surface area (TPSA) is 80.3 Å². The van der Waals surface area contributed by atoms with E-state index in [9.17, 15) is 0 Å². The lowest BCUT2D eigenvalue weighted by molar-refractivity contribution is 0.358. The Morgan fingerprint density at radius 2 is 2.36 bits per heavy atom. The summed E-state index contributed by atoms with van der Waals surface area (Å²) < 4.78 is 7.28. The first kappa shape index (κ1) is 14.6. The maximum absolute atomic E-state index is 5.06. The van der Waals surface area contributed by atoms with E-state index in [-0.39, 0.29) is 0 Å². The van der Waals surface area contributed by atoms with Crippen molar-refractivity contribution in [2.45, 2.75) is 32.9 Å². The fourth-order valence-corrected chi connectivity index (χ4v) is 2.74. The Morgan fingerprint density at radius 3 is 3.14 bits per heavy atom. The summed E-state index contributed by atoms with van der Waals surface area (Å²) in [6, 6.07) is 1.94. The molecule has 0 amide bonds. The van der Waals surface area contributed by atoms with Crippen LogP contribution >= 0.6 is 0 Å². The highest BCUT2D eigenvalue weighted by Gasteiger charge is 2.21. The van der Waals surface area contributed by atoms with E-state index < -0.39 is 0 Å². The first-order chi connectivity index (χ1) is 10.8. The molecule has 0 radical (unpaired) electrons. The molecule has 1 aliphatic rings. The summed E-state index contributed by atoms with van der Waals surface area (Å²) in [7, 11) is 1.79. The number of aliphatic imine (C=N–C) groups is 1. The third kappa shape index (κ3) is 3.29. The average molecular weight is 302 g/mol. The molecule has 7 heteroatoms. The molecule has 3 rings (SSSR count). The Morgan fingerprint density at radius 1 is 1.45 bits per heavy atom. The van der Waals surface area contributed by atoms with E-state index >= 15 is 0 Å². The second-order valence-electron chi connectivity index (χ2n) is 5.62. The zero-order valence-corrected chi connectivity index (χ0v) is 13.0. The predicted octanol–water partition coefficient (Wildman–Crippen LogP) is 1.11. The van der Waals surface area contributed by atoms with E-state index in [4.69, 9.17) is 4.42 Å². The average Bonchev–Trinajstić information content (AvgIpc) is 3.18. The molecule has 2 N–H and O–H groups in total. The molecule has 0 bridgehead atoms. The summed E-state index contributed by atoms with van der Waals surface area (Å²) in [6.07, 6.45) is 5.53. The van der Waals surface area contributed by atoms with Gasteiger partial charge in [-0.2, -0.15) is 0 Å². The molecule has 2 aromatic heterocycles. The number of nitrogens with zero attached hydrogens (tertiary/aromatic N) is 4. The molecule has 7 nitrogen and oxygen atoms in total. The van der Waals surface area contributed by atoms with Gasteiger partial charge in [-0.1, -0.05) is 0 Å². The minimum atomic E-state index is 0.565. The number of fused-ring (bicyclic) bond motifs is 1. The molecule has 22 heavy (non-hydrogen) atoms. The molecule has 0 aliphatic carbocycles. The molecule has 1 atom stereocenters. The van der Waals surface area contributed by atoms with Crippen molar-refractivity contribution in [2.24, 2.45) is 10.9 Å². The molecule has 0 saturated heterocycles. The molecule has 0 fully saturated rings. The monoisotopic (exact) mass is 302 g/mol. The highest BCUT2D eigenvalue weighted by molar-refractivity contribution is 5.79. The van der Waals surface area contributed by atoms with Crippen molar-refractivity contribution < 1.29 is 4.42 Å². The first-order valence-electron chi connectivity index (χ1n) is 7.60. The molecule has 0 aromatic carbocycles. The van der Waals surface area contributed by atoms with E-state index in [1.807, 2.05) is 13.0 Å². The van der Waals surface area contributed by atoms with Gasteiger partial charge in [-0.3, -0.25) is 4.99 Å². The van der Waals surface area contributed by atoms with Crippen LogP contribution in [0.2, 0.25) is 0 Å². The van der Waals surface area contributed by atoms with Crippen LogP contribution in [0.4, 0.5) is 0 Å². The van der Waals surface area contributed by atoms with Gasteiger partial charge in [-0.25, -0.2) is 0 Å². The molecule has 3 heterocycles. The maximum atomic E-state index is 5.06. The van der Waals surface area contributed by atoms with E-state index in [0.29, 0.717) is 12.5 Å². The highest BCUT2D eigenvalue weighted by atomic mass is 16.3. The molecular formula is C15H22N6O. The predicted molar refractivity (Wildman–Crippen MR) is 83.5 cm³/mol. The van der Waals surface area contributed by atoms with Crippen molar-refractivity contribution in [3.8, 4) is 0 Å². The van der Waals surface area contributed by atoms with Crippen molar-refractivity contribution in [1.82, 2.24) is 25.4 Å². The maximum Gasteiger partial charge on any atom is 0.191 e. The number of aryl methyl sites for hydroxylation is 2. The zero-order chi connectivity index (χ0) is 15.4. The minimum absolute atomic E-state index is 0.565. The lowest BCUT2D eigenvalue weighted by atomic mass is 9.99. The number of aromatic nitrogens is 3. The second kappa shape index (κ2) is 6.64. The van der Waals surface area contributed by atoms with E-state index in [2.05, 4.69) is 30.4 Å². The lowest BCUT2D eigenvalue weighted by Gasteiger charge is -2.25. The van der Waals surface area contributed by atoms with E-state index in [1.165, 1.54) is 0 Å². The Kier molecular flexibility index (Phi) is 4.41. The number of nitrogens with one attached hydrogen (secondary N) is 2. The zero-order valence-electron chi connectivity index (χ0n) is 13.0. The van der Waals surface area contributed by atoms with Crippen LogP contribution in [0.25, 0.3) is 0 Å². The molecule has 1 unspecified atom stereocenters. The second-order valence-corrected chi connectivity index (χ2v) is 5.62. The smallest absolute Gasteiger partial charge is 0.191 e. The summed E-state index contributed by atoms with van der Waals surface area (Å²) in [6.45, 7) is 4.58. The van der Waals surface area contributed by atoms with Crippen LogP contribution in [0.5, 0.6) is 0 Å². The van der Waals surface area contributed by atoms with Gasteiger partial charge >= 0.3 is 0 Å². The summed E-state index contributed by atoms with van der Waals surface area (Å²) in [5.74, 6) is 3.49. The summed E-state index contributed by atoms with van der Waals surface area (Å²) in [5, 5.41) is 15.0. The van der Waals surface area contributed by atoms with Crippen molar-refractivity contribution in [2.75, 3.05) is 13.6 Å². The van der Waals surface area contributed by atoms with Gasteiger partial charge < -0.3 is 19.6 Å². The summed E-state index contributed by atoms with van der Waals surface area (Å²) in [4.78, 5) is 4.26. The van der Waals surface area contributed by atoms with Gasteiger partial charge in [0, 0.05) is 38.7 Å². The van der Waals surface area contributed by atoms with E-state index in [0.717, 1.165) is 49.1 Å². The Labute approximate surface area is 129 Å². The Bertz CT molecular complexity index is 631. The molecular weight excluding hydrogens is 280 g/mol. The highest BCUT2D eigenvalue weighted by Crippen LogP contribution is 2.19. The van der Waals surface area contributed by atoms with Gasteiger partial charge in [0.2, 0.25) is 0 Å². The molecule has 0 spiro atoms. The number of rotatable bonds is 4. The molecule has 2 aromatic rings. The van der Waals surface area contributed by atoms with Crippen LogP contribution in [-0.2, 0) is 19.5 Å². The normalized spacial score (nSPS) is 18.1. The molecule has 1 aliphatic heterocycles. The lowest BCUT2D eigenvalue weighted by Crippen LogP contribution is -2.41. The number of furan rings is 1. The van der Waals surface area contributed by atoms with Crippen LogP contribution in [0, 0.1) is 12.8 Å². The third-order valence-corrected chi connectivity index (χ3v) is 4.05. The van der Waals surface area contributed by atoms with Crippen LogP contribution in [0.1, 0.15) is 23.6 Å². The fourth-order valence-electron chi connectivity index (χ4n) is 2.74. The summed E-state index contributed by atoms with van der Waals surface area (Å²) in [5.41, 5.74) is 1.10. The first-order valence-corrected chi connectivity index (χ1v) is 7.60. The Balaban J connectivity index is 1.48. The number of hydrogen-bond acceptors (Lipinski definition) is 4. The van der Waals surface area contributed by atoms with Crippen LogP contribution in [0.3, 0.4) is 0 Å². The van der Waals surface area contributed by atoms with Gasteiger partial charge in [0.1, 0.15) is 11.6 Å². The minimum Gasteiger partial charge on any atom is -0.472 e. The van der Waals surface area contributed by atoms with Crippen molar-refractivity contribution in [1.29, 1.82) is 0 Å². The van der Waals surface area contributed by atoms with Gasteiger partial charge in [0.25, 0.3) is 0 Å².